The lowest BCUT2D eigenvalue weighted by atomic mass is 9.95. The summed E-state index contributed by atoms with van der Waals surface area (Å²) in [6.45, 7) is 3.33. The number of halogens is 4. The largest absolute Gasteiger partial charge is 0.416 e. The highest BCUT2D eigenvalue weighted by molar-refractivity contribution is 5.94. The number of benzene rings is 1. The molecule has 1 saturated heterocycles. The molecule has 1 aromatic carbocycles. The number of carbonyl (C=O) groups excluding carboxylic acids is 1. The van der Waals surface area contributed by atoms with Crippen LogP contribution >= 0.6 is 0 Å². The Hall–Kier alpha value is -1.63. The topological polar surface area (TPSA) is 41.1 Å². The molecule has 1 aromatic rings. The Balaban J connectivity index is 2.18. The lowest BCUT2D eigenvalue weighted by molar-refractivity contribution is -0.137. The normalized spacial score (nSPS) is 22.9. The van der Waals surface area contributed by atoms with E-state index in [4.69, 9.17) is 0 Å². The van der Waals surface area contributed by atoms with Gasteiger partial charge in [-0.2, -0.15) is 13.2 Å². The molecule has 1 aliphatic rings. The van der Waals surface area contributed by atoms with Crippen molar-refractivity contribution in [3.63, 3.8) is 0 Å². The molecular formula is C14H16F4N2O. The first-order valence-corrected chi connectivity index (χ1v) is 6.67. The lowest BCUT2D eigenvalue weighted by Gasteiger charge is -2.30. The molecule has 0 saturated carbocycles. The van der Waals surface area contributed by atoms with Gasteiger partial charge in [-0.1, -0.05) is 6.92 Å². The molecule has 0 aromatic heterocycles. The number of hydrogen-bond acceptors (Lipinski definition) is 2. The summed E-state index contributed by atoms with van der Waals surface area (Å²) in [4.78, 5) is 12.0. The van der Waals surface area contributed by atoms with Gasteiger partial charge >= 0.3 is 6.18 Å². The summed E-state index contributed by atoms with van der Waals surface area (Å²) in [7, 11) is 0. The van der Waals surface area contributed by atoms with E-state index < -0.39 is 29.0 Å². The zero-order chi connectivity index (χ0) is 15.6. The van der Waals surface area contributed by atoms with Crippen molar-refractivity contribution in [2.45, 2.75) is 25.6 Å². The van der Waals surface area contributed by atoms with Crippen molar-refractivity contribution in [1.82, 2.24) is 10.6 Å². The van der Waals surface area contributed by atoms with Crippen LogP contribution in [0.3, 0.4) is 0 Å². The van der Waals surface area contributed by atoms with Crippen LogP contribution in [-0.4, -0.2) is 25.0 Å². The van der Waals surface area contributed by atoms with E-state index in [2.05, 4.69) is 10.6 Å². The molecule has 0 radical (unpaired) electrons. The van der Waals surface area contributed by atoms with Gasteiger partial charge in [0.1, 0.15) is 5.82 Å². The molecule has 0 spiro atoms. The molecule has 2 N–H and O–H groups in total. The highest BCUT2D eigenvalue weighted by atomic mass is 19.4. The zero-order valence-corrected chi connectivity index (χ0v) is 11.4. The zero-order valence-electron chi connectivity index (χ0n) is 11.4. The van der Waals surface area contributed by atoms with E-state index in [1.807, 2.05) is 6.92 Å². The van der Waals surface area contributed by atoms with Gasteiger partial charge in [0.25, 0.3) is 5.91 Å². The predicted molar refractivity (Wildman–Crippen MR) is 69.3 cm³/mol. The van der Waals surface area contributed by atoms with Crippen LogP contribution in [0.15, 0.2) is 18.2 Å². The molecule has 1 amide bonds. The number of hydrogen-bond donors (Lipinski definition) is 2. The van der Waals surface area contributed by atoms with Gasteiger partial charge in [0.05, 0.1) is 11.1 Å². The van der Waals surface area contributed by atoms with Crippen LogP contribution in [0.5, 0.6) is 0 Å². The molecular weight excluding hydrogens is 288 g/mol. The minimum atomic E-state index is -4.61. The highest BCUT2D eigenvalue weighted by Gasteiger charge is 2.32. The van der Waals surface area contributed by atoms with E-state index in [0.29, 0.717) is 37.7 Å². The van der Waals surface area contributed by atoms with Gasteiger partial charge in [-0.05, 0) is 43.6 Å². The Morgan fingerprint density at radius 2 is 2.10 bits per heavy atom. The average molecular weight is 304 g/mol. The molecule has 2 rings (SSSR count). The number of rotatable bonds is 2. The first-order valence-electron chi connectivity index (χ1n) is 6.67. The van der Waals surface area contributed by atoms with Gasteiger partial charge in [-0.25, -0.2) is 4.39 Å². The number of nitrogens with one attached hydrogen (secondary N) is 2. The highest BCUT2D eigenvalue weighted by Crippen LogP contribution is 2.30. The maximum absolute atomic E-state index is 13.6. The molecule has 1 aliphatic heterocycles. The van der Waals surface area contributed by atoms with E-state index in [9.17, 15) is 22.4 Å². The quantitative estimate of drug-likeness (QED) is 0.825. The lowest BCUT2D eigenvalue weighted by Crippen LogP contribution is -2.48. The van der Waals surface area contributed by atoms with Crippen molar-refractivity contribution in [1.29, 1.82) is 0 Å². The van der Waals surface area contributed by atoms with E-state index in [-0.39, 0.29) is 12.0 Å². The molecule has 0 aliphatic carbocycles. The van der Waals surface area contributed by atoms with E-state index in [1.165, 1.54) is 0 Å². The standard InChI is InChI=1S/C14H16F4N2O/c1-8-7-19-5-4-12(8)20-13(21)10-6-9(14(16,17)18)2-3-11(10)15/h2-3,6,8,12,19H,4-5,7H2,1H3,(H,20,21)/t8-,12-/m0/s1. The van der Waals surface area contributed by atoms with Gasteiger partial charge < -0.3 is 10.6 Å². The summed E-state index contributed by atoms with van der Waals surface area (Å²) in [6, 6.07) is 1.67. The van der Waals surface area contributed by atoms with Crippen LogP contribution in [0.1, 0.15) is 29.3 Å². The second kappa shape index (κ2) is 6.01. The van der Waals surface area contributed by atoms with Crippen molar-refractivity contribution in [2.24, 2.45) is 5.92 Å². The fraction of sp³-hybridized carbons (Fsp3) is 0.500. The molecule has 0 bridgehead atoms. The van der Waals surface area contributed by atoms with Crippen LogP contribution in [-0.2, 0) is 6.18 Å². The first-order chi connectivity index (χ1) is 9.79. The summed E-state index contributed by atoms with van der Waals surface area (Å²) in [5.41, 5.74) is -1.61. The maximum Gasteiger partial charge on any atom is 0.416 e. The first kappa shape index (κ1) is 15.8. The molecule has 0 unspecified atom stereocenters. The van der Waals surface area contributed by atoms with Crippen LogP contribution in [0.2, 0.25) is 0 Å². The minimum absolute atomic E-state index is 0.136. The van der Waals surface area contributed by atoms with Crippen LogP contribution in [0.4, 0.5) is 17.6 Å². The fourth-order valence-corrected chi connectivity index (χ4v) is 2.35. The third kappa shape index (κ3) is 3.72. The van der Waals surface area contributed by atoms with Crippen molar-refractivity contribution >= 4 is 5.91 Å². The Kier molecular flexibility index (Phi) is 4.51. The second-order valence-corrected chi connectivity index (χ2v) is 5.24. The van der Waals surface area contributed by atoms with Gasteiger partial charge in [-0.3, -0.25) is 4.79 Å². The number of amides is 1. The van der Waals surface area contributed by atoms with Gasteiger partial charge in [-0.15, -0.1) is 0 Å². The minimum Gasteiger partial charge on any atom is -0.349 e. The van der Waals surface area contributed by atoms with Gasteiger partial charge in [0, 0.05) is 6.04 Å². The van der Waals surface area contributed by atoms with E-state index >= 15 is 0 Å². The van der Waals surface area contributed by atoms with E-state index in [1.54, 1.807) is 0 Å². The maximum atomic E-state index is 13.6. The second-order valence-electron chi connectivity index (χ2n) is 5.24. The van der Waals surface area contributed by atoms with E-state index in [0.717, 1.165) is 0 Å². The third-order valence-corrected chi connectivity index (χ3v) is 3.64. The molecule has 7 heteroatoms. The molecule has 2 atom stereocenters. The molecule has 1 fully saturated rings. The van der Waals surface area contributed by atoms with Crippen molar-refractivity contribution < 1.29 is 22.4 Å². The monoisotopic (exact) mass is 304 g/mol. The predicted octanol–water partition coefficient (Wildman–Crippen LogP) is 2.57. The average Bonchev–Trinajstić information content (AvgIpc) is 2.40. The fourth-order valence-electron chi connectivity index (χ4n) is 2.35. The Labute approximate surface area is 119 Å². The van der Waals surface area contributed by atoms with Crippen LogP contribution in [0, 0.1) is 11.7 Å². The molecule has 116 valence electrons. The van der Waals surface area contributed by atoms with Crippen LogP contribution < -0.4 is 10.6 Å². The molecule has 1 heterocycles. The Morgan fingerprint density at radius 3 is 2.71 bits per heavy atom. The third-order valence-electron chi connectivity index (χ3n) is 3.64. The molecule has 21 heavy (non-hydrogen) atoms. The summed E-state index contributed by atoms with van der Waals surface area (Å²) < 4.78 is 51.5. The summed E-state index contributed by atoms with van der Waals surface area (Å²) in [5.74, 6) is -1.63. The molecule has 3 nitrogen and oxygen atoms in total. The number of carbonyl (C=O) groups is 1. The number of alkyl halides is 3. The SMILES string of the molecule is C[C@H]1CNCC[C@@H]1NC(=O)c1cc(C(F)(F)F)ccc1F. The van der Waals surface area contributed by atoms with Crippen molar-refractivity contribution in [2.75, 3.05) is 13.1 Å². The summed E-state index contributed by atoms with van der Waals surface area (Å²) >= 11 is 0. The van der Waals surface area contributed by atoms with Crippen molar-refractivity contribution in [3.05, 3.63) is 35.1 Å². The summed E-state index contributed by atoms with van der Waals surface area (Å²) in [6.07, 6.45) is -3.95. The van der Waals surface area contributed by atoms with Gasteiger partial charge in [0.2, 0.25) is 0 Å². The smallest absolute Gasteiger partial charge is 0.349 e. The Morgan fingerprint density at radius 1 is 1.38 bits per heavy atom. The van der Waals surface area contributed by atoms with Crippen LogP contribution in [0.25, 0.3) is 0 Å². The van der Waals surface area contributed by atoms with Crippen molar-refractivity contribution in [3.8, 4) is 0 Å². The summed E-state index contributed by atoms with van der Waals surface area (Å²) in [5, 5.41) is 5.76. The number of piperidine rings is 1. The Bertz CT molecular complexity index is 530. The van der Waals surface area contributed by atoms with Gasteiger partial charge in [0.15, 0.2) is 0 Å².